The number of anilines is 1. The van der Waals surface area contributed by atoms with Crippen molar-refractivity contribution in [2.24, 2.45) is 0 Å². The molecule has 3 rings (SSSR count). The Labute approximate surface area is 157 Å². The molecule has 6 nitrogen and oxygen atoms in total. The van der Waals surface area contributed by atoms with Crippen molar-refractivity contribution >= 4 is 23.2 Å². The van der Waals surface area contributed by atoms with Crippen molar-refractivity contribution in [2.75, 3.05) is 18.4 Å². The summed E-state index contributed by atoms with van der Waals surface area (Å²) in [6.45, 7) is 2.83. The Hall–Kier alpha value is -2.49. The van der Waals surface area contributed by atoms with Crippen LogP contribution in [0.15, 0.2) is 29.6 Å². The lowest BCUT2D eigenvalue weighted by atomic mass is 10.1. The summed E-state index contributed by atoms with van der Waals surface area (Å²) >= 11 is 1.45. The van der Waals surface area contributed by atoms with Gasteiger partial charge in [0.1, 0.15) is 23.4 Å². The number of hydrogen-bond donors (Lipinski definition) is 1. The number of aromatic nitrogens is 1. The monoisotopic (exact) mass is 401 g/mol. The summed E-state index contributed by atoms with van der Waals surface area (Å²) in [5.41, 5.74) is 0. The number of rotatable bonds is 4. The number of amides is 2. The fourth-order valence-electron chi connectivity index (χ4n) is 2.72. The first kappa shape index (κ1) is 19.3. The van der Waals surface area contributed by atoms with E-state index in [4.69, 9.17) is 4.74 Å². The van der Waals surface area contributed by atoms with Crippen LogP contribution < -0.4 is 14.8 Å². The molecule has 0 unspecified atom stereocenters. The molecule has 0 atom stereocenters. The third-order valence-electron chi connectivity index (χ3n) is 3.93. The Morgan fingerprint density at radius 3 is 2.63 bits per heavy atom. The largest absolute Gasteiger partial charge is 0.573 e. The zero-order valence-electron chi connectivity index (χ0n) is 14.5. The molecule has 0 spiro atoms. The number of ether oxygens (including phenoxy) is 2. The van der Waals surface area contributed by atoms with Crippen LogP contribution in [-0.4, -0.2) is 41.5 Å². The Morgan fingerprint density at radius 1 is 1.30 bits per heavy atom. The highest BCUT2D eigenvalue weighted by Crippen LogP contribution is 2.27. The Balaban J connectivity index is 1.49. The molecule has 0 saturated carbocycles. The standard InChI is InChI=1S/C17H18F3N3O3S/c1-11-21-15(10-27-11)22-16(24)23-7-5-12(6-8-23)25-13-3-2-4-14(9-13)26-17(18,19)20/h2-4,9-10,12H,5-8H2,1H3,(H,22,24). The van der Waals surface area contributed by atoms with Crippen LogP contribution in [0.25, 0.3) is 0 Å². The molecule has 0 aliphatic carbocycles. The van der Waals surface area contributed by atoms with E-state index in [1.165, 1.54) is 29.5 Å². The number of aryl methyl sites for hydroxylation is 1. The highest BCUT2D eigenvalue weighted by atomic mass is 32.1. The minimum atomic E-state index is -4.74. The minimum absolute atomic E-state index is 0.184. The fourth-order valence-corrected chi connectivity index (χ4v) is 3.27. The molecule has 2 heterocycles. The van der Waals surface area contributed by atoms with E-state index in [2.05, 4.69) is 15.0 Å². The maximum Gasteiger partial charge on any atom is 0.573 e. The van der Waals surface area contributed by atoms with Crippen LogP contribution in [0.3, 0.4) is 0 Å². The van der Waals surface area contributed by atoms with Crippen LogP contribution in [0.1, 0.15) is 17.8 Å². The number of carbonyl (C=O) groups is 1. The van der Waals surface area contributed by atoms with E-state index in [-0.39, 0.29) is 17.9 Å². The molecule has 1 aliphatic rings. The summed E-state index contributed by atoms with van der Waals surface area (Å²) in [6.07, 6.45) is -3.77. The van der Waals surface area contributed by atoms with Gasteiger partial charge in [-0.3, -0.25) is 5.32 Å². The molecule has 1 aliphatic heterocycles. The minimum Gasteiger partial charge on any atom is -0.490 e. The van der Waals surface area contributed by atoms with Gasteiger partial charge < -0.3 is 14.4 Å². The van der Waals surface area contributed by atoms with Crippen molar-refractivity contribution in [2.45, 2.75) is 32.2 Å². The third kappa shape index (κ3) is 5.75. The second-order valence-electron chi connectivity index (χ2n) is 6.01. The molecule has 146 valence electrons. The van der Waals surface area contributed by atoms with Gasteiger partial charge in [-0.25, -0.2) is 9.78 Å². The predicted octanol–water partition coefficient (Wildman–Crippen LogP) is 4.43. The first-order valence-corrected chi connectivity index (χ1v) is 9.17. The Kier molecular flexibility index (Phi) is 5.73. The van der Waals surface area contributed by atoms with Gasteiger partial charge in [-0.2, -0.15) is 0 Å². The second kappa shape index (κ2) is 8.03. The average Bonchev–Trinajstić information content (AvgIpc) is 2.99. The summed E-state index contributed by atoms with van der Waals surface area (Å²) in [5, 5.41) is 5.40. The van der Waals surface area contributed by atoms with Gasteiger partial charge in [0.15, 0.2) is 0 Å². The zero-order chi connectivity index (χ0) is 19.4. The SMILES string of the molecule is Cc1nc(NC(=O)N2CCC(Oc3cccc(OC(F)(F)F)c3)CC2)cs1. The first-order valence-electron chi connectivity index (χ1n) is 8.29. The van der Waals surface area contributed by atoms with E-state index in [0.29, 0.717) is 37.5 Å². The highest BCUT2D eigenvalue weighted by Gasteiger charge is 2.31. The van der Waals surface area contributed by atoms with Crippen LogP contribution in [0.4, 0.5) is 23.8 Å². The lowest BCUT2D eigenvalue weighted by Crippen LogP contribution is -2.43. The second-order valence-corrected chi connectivity index (χ2v) is 7.07. The number of nitrogens with one attached hydrogen (secondary N) is 1. The molecule has 0 radical (unpaired) electrons. The molecular formula is C17H18F3N3O3S. The van der Waals surface area contributed by atoms with E-state index in [1.807, 2.05) is 6.92 Å². The van der Waals surface area contributed by atoms with E-state index in [0.717, 1.165) is 5.01 Å². The predicted molar refractivity (Wildman–Crippen MR) is 94.2 cm³/mol. The van der Waals surface area contributed by atoms with Crippen molar-refractivity contribution in [1.82, 2.24) is 9.88 Å². The summed E-state index contributed by atoms with van der Waals surface area (Å²) in [6, 6.07) is 5.21. The Morgan fingerprint density at radius 2 is 2.00 bits per heavy atom. The molecule has 2 amide bonds. The first-order chi connectivity index (χ1) is 12.8. The molecule has 10 heteroatoms. The van der Waals surface area contributed by atoms with Gasteiger partial charge in [-0.15, -0.1) is 24.5 Å². The normalized spacial score (nSPS) is 15.5. The quantitative estimate of drug-likeness (QED) is 0.824. The van der Waals surface area contributed by atoms with Crippen LogP contribution in [-0.2, 0) is 0 Å². The van der Waals surface area contributed by atoms with Gasteiger partial charge in [-0.1, -0.05) is 6.07 Å². The number of thiazole rings is 1. The van der Waals surface area contributed by atoms with Gasteiger partial charge in [0.05, 0.1) is 5.01 Å². The van der Waals surface area contributed by atoms with Gasteiger partial charge in [0.25, 0.3) is 0 Å². The van der Waals surface area contributed by atoms with Crippen molar-refractivity contribution in [1.29, 1.82) is 0 Å². The number of piperidine rings is 1. The lowest BCUT2D eigenvalue weighted by Gasteiger charge is -2.32. The molecular weight excluding hydrogens is 383 g/mol. The van der Waals surface area contributed by atoms with E-state index < -0.39 is 6.36 Å². The van der Waals surface area contributed by atoms with Crippen LogP contribution >= 0.6 is 11.3 Å². The van der Waals surface area contributed by atoms with Crippen molar-refractivity contribution < 1.29 is 27.4 Å². The maximum absolute atomic E-state index is 12.3. The number of nitrogens with zero attached hydrogens (tertiary/aromatic N) is 2. The molecule has 27 heavy (non-hydrogen) atoms. The molecule has 2 aromatic rings. The van der Waals surface area contributed by atoms with Gasteiger partial charge in [-0.05, 0) is 19.1 Å². The lowest BCUT2D eigenvalue weighted by molar-refractivity contribution is -0.274. The smallest absolute Gasteiger partial charge is 0.490 e. The number of benzene rings is 1. The maximum atomic E-state index is 12.3. The molecule has 1 aromatic heterocycles. The summed E-state index contributed by atoms with van der Waals surface area (Å²) in [5.74, 6) is 0.510. The van der Waals surface area contributed by atoms with Crippen LogP contribution in [0.2, 0.25) is 0 Å². The number of carbonyl (C=O) groups excluding carboxylic acids is 1. The van der Waals surface area contributed by atoms with Crippen molar-refractivity contribution in [3.05, 3.63) is 34.7 Å². The van der Waals surface area contributed by atoms with Crippen LogP contribution in [0, 0.1) is 6.92 Å². The van der Waals surface area contributed by atoms with Gasteiger partial charge in [0.2, 0.25) is 0 Å². The Bertz CT molecular complexity index is 789. The number of halogens is 3. The van der Waals surface area contributed by atoms with Gasteiger partial charge in [0, 0.05) is 37.4 Å². The van der Waals surface area contributed by atoms with Crippen LogP contribution in [0.5, 0.6) is 11.5 Å². The summed E-state index contributed by atoms with van der Waals surface area (Å²) in [7, 11) is 0. The third-order valence-corrected chi connectivity index (χ3v) is 4.70. The zero-order valence-corrected chi connectivity index (χ0v) is 15.3. The summed E-state index contributed by atoms with van der Waals surface area (Å²) < 4.78 is 46.5. The van der Waals surface area contributed by atoms with Gasteiger partial charge >= 0.3 is 12.4 Å². The number of alkyl halides is 3. The number of likely N-dealkylation sites (tertiary alicyclic amines) is 1. The average molecular weight is 401 g/mol. The molecule has 1 aromatic carbocycles. The summed E-state index contributed by atoms with van der Waals surface area (Å²) in [4.78, 5) is 18.1. The highest BCUT2D eigenvalue weighted by molar-refractivity contribution is 7.09. The topological polar surface area (TPSA) is 63.7 Å². The van der Waals surface area contributed by atoms with Crippen molar-refractivity contribution in [3.63, 3.8) is 0 Å². The fraction of sp³-hybridized carbons (Fsp3) is 0.412. The molecule has 1 saturated heterocycles. The number of urea groups is 1. The molecule has 1 N–H and O–H groups in total. The molecule has 0 bridgehead atoms. The number of hydrogen-bond acceptors (Lipinski definition) is 5. The van der Waals surface area contributed by atoms with E-state index in [9.17, 15) is 18.0 Å². The molecule has 1 fully saturated rings. The van der Waals surface area contributed by atoms with E-state index >= 15 is 0 Å². The van der Waals surface area contributed by atoms with E-state index in [1.54, 1.807) is 16.3 Å². The van der Waals surface area contributed by atoms with Crippen molar-refractivity contribution in [3.8, 4) is 11.5 Å².